The Kier molecular flexibility index (Phi) is 2.69. The van der Waals surface area contributed by atoms with Gasteiger partial charge in [-0.3, -0.25) is 10.00 Å². The highest BCUT2D eigenvalue weighted by atomic mass is 15.2. The molecule has 1 aromatic rings. The van der Waals surface area contributed by atoms with Gasteiger partial charge in [-0.2, -0.15) is 5.10 Å². The van der Waals surface area contributed by atoms with E-state index in [1.807, 2.05) is 6.20 Å². The van der Waals surface area contributed by atoms with Crippen LogP contribution in [-0.4, -0.2) is 41.3 Å². The van der Waals surface area contributed by atoms with Gasteiger partial charge >= 0.3 is 0 Å². The Labute approximate surface area is 96.4 Å². The van der Waals surface area contributed by atoms with Gasteiger partial charge in [-0.15, -0.1) is 0 Å². The van der Waals surface area contributed by atoms with Crippen molar-refractivity contribution < 1.29 is 0 Å². The molecule has 1 aliphatic carbocycles. The summed E-state index contributed by atoms with van der Waals surface area (Å²) < 4.78 is 0. The van der Waals surface area contributed by atoms with Gasteiger partial charge in [-0.1, -0.05) is 0 Å². The molecule has 1 aliphatic heterocycles. The summed E-state index contributed by atoms with van der Waals surface area (Å²) in [5.74, 6) is 0.767. The second-order valence-electron chi connectivity index (χ2n) is 4.98. The van der Waals surface area contributed by atoms with Crippen molar-refractivity contribution in [1.82, 2.24) is 20.4 Å². The van der Waals surface area contributed by atoms with Crippen LogP contribution in [0.1, 0.15) is 43.0 Å². The molecule has 0 radical (unpaired) electrons. The molecule has 2 N–H and O–H groups in total. The molecule has 0 amide bonds. The Hall–Kier alpha value is -0.870. The lowest BCUT2D eigenvalue weighted by Gasteiger charge is -2.32. The van der Waals surface area contributed by atoms with Crippen LogP contribution in [0.15, 0.2) is 6.20 Å². The minimum absolute atomic E-state index is 0.511. The van der Waals surface area contributed by atoms with Gasteiger partial charge in [0.05, 0.1) is 6.20 Å². The van der Waals surface area contributed by atoms with Gasteiger partial charge in [-0.25, -0.2) is 0 Å². The summed E-state index contributed by atoms with van der Waals surface area (Å²) in [5.41, 5.74) is 2.82. The predicted molar refractivity (Wildman–Crippen MR) is 63.4 cm³/mol. The fraction of sp³-hybridized carbons (Fsp3) is 0.750. The minimum Gasteiger partial charge on any atom is -0.314 e. The molecule has 88 valence electrons. The molecule has 16 heavy (non-hydrogen) atoms. The number of H-pyrrole nitrogens is 1. The van der Waals surface area contributed by atoms with Gasteiger partial charge in [-0.05, 0) is 19.8 Å². The lowest BCUT2D eigenvalue weighted by Crippen LogP contribution is -2.44. The van der Waals surface area contributed by atoms with E-state index in [0.717, 1.165) is 32.1 Å². The molecule has 2 fully saturated rings. The van der Waals surface area contributed by atoms with E-state index in [2.05, 4.69) is 27.3 Å². The number of aromatic amines is 1. The summed E-state index contributed by atoms with van der Waals surface area (Å²) in [7, 11) is 0. The van der Waals surface area contributed by atoms with Crippen molar-refractivity contribution in [1.29, 1.82) is 0 Å². The summed E-state index contributed by atoms with van der Waals surface area (Å²) in [6.07, 6.45) is 4.70. The van der Waals surface area contributed by atoms with E-state index in [0.29, 0.717) is 6.04 Å². The van der Waals surface area contributed by atoms with Gasteiger partial charge < -0.3 is 5.32 Å². The van der Waals surface area contributed by atoms with Gasteiger partial charge in [0.25, 0.3) is 0 Å². The quantitative estimate of drug-likeness (QED) is 0.806. The highest BCUT2D eigenvalue weighted by Crippen LogP contribution is 2.42. The average molecular weight is 220 g/mol. The number of hydrogen-bond acceptors (Lipinski definition) is 3. The van der Waals surface area contributed by atoms with E-state index in [1.54, 1.807) is 0 Å². The van der Waals surface area contributed by atoms with Gasteiger partial charge in [0.15, 0.2) is 0 Å². The number of piperazine rings is 1. The SMILES string of the molecule is CC(c1cn[nH]c1C1CC1)N1CCNCC1. The first-order valence-electron chi connectivity index (χ1n) is 6.34. The van der Waals surface area contributed by atoms with Crippen LogP contribution in [0.3, 0.4) is 0 Å². The Balaban J connectivity index is 1.76. The maximum absolute atomic E-state index is 4.23. The number of hydrogen-bond donors (Lipinski definition) is 2. The first-order chi connectivity index (χ1) is 7.86. The van der Waals surface area contributed by atoms with Crippen molar-refractivity contribution >= 4 is 0 Å². The Morgan fingerprint density at radius 1 is 1.38 bits per heavy atom. The fourth-order valence-electron chi connectivity index (χ4n) is 2.60. The summed E-state index contributed by atoms with van der Waals surface area (Å²) in [4.78, 5) is 2.55. The maximum atomic E-state index is 4.23. The van der Waals surface area contributed by atoms with Crippen LogP contribution in [0.25, 0.3) is 0 Å². The molecule has 4 heteroatoms. The fourth-order valence-corrected chi connectivity index (χ4v) is 2.60. The number of nitrogens with one attached hydrogen (secondary N) is 2. The van der Waals surface area contributed by atoms with Crippen molar-refractivity contribution in [2.24, 2.45) is 0 Å². The molecule has 1 unspecified atom stereocenters. The second kappa shape index (κ2) is 4.18. The minimum atomic E-state index is 0.511. The van der Waals surface area contributed by atoms with E-state index >= 15 is 0 Å². The van der Waals surface area contributed by atoms with E-state index in [9.17, 15) is 0 Å². The van der Waals surface area contributed by atoms with Crippen molar-refractivity contribution in [2.75, 3.05) is 26.2 Å². The Morgan fingerprint density at radius 2 is 2.12 bits per heavy atom. The van der Waals surface area contributed by atoms with Gasteiger partial charge in [0, 0.05) is 49.4 Å². The molecule has 2 heterocycles. The lowest BCUT2D eigenvalue weighted by molar-refractivity contribution is 0.185. The highest BCUT2D eigenvalue weighted by Gasteiger charge is 2.30. The van der Waals surface area contributed by atoms with Crippen LogP contribution in [0, 0.1) is 0 Å². The number of rotatable bonds is 3. The standard InChI is InChI=1S/C12H20N4/c1-9(16-6-4-13-5-7-16)11-8-14-15-12(11)10-2-3-10/h8-10,13H,2-7H2,1H3,(H,14,15). The third-order valence-electron chi connectivity index (χ3n) is 3.83. The van der Waals surface area contributed by atoms with Crippen LogP contribution < -0.4 is 5.32 Å². The van der Waals surface area contributed by atoms with Crippen molar-refractivity contribution in [2.45, 2.75) is 31.7 Å². The number of aromatic nitrogens is 2. The zero-order valence-electron chi connectivity index (χ0n) is 9.87. The first-order valence-corrected chi connectivity index (χ1v) is 6.34. The van der Waals surface area contributed by atoms with E-state index in [1.165, 1.54) is 24.1 Å². The van der Waals surface area contributed by atoms with E-state index < -0.39 is 0 Å². The maximum Gasteiger partial charge on any atom is 0.0538 e. The molecule has 1 saturated heterocycles. The highest BCUT2D eigenvalue weighted by molar-refractivity contribution is 5.27. The van der Waals surface area contributed by atoms with Crippen molar-refractivity contribution in [3.63, 3.8) is 0 Å². The van der Waals surface area contributed by atoms with Crippen LogP contribution in [0.4, 0.5) is 0 Å². The largest absolute Gasteiger partial charge is 0.314 e. The third kappa shape index (κ3) is 1.87. The molecule has 0 aromatic carbocycles. The van der Waals surface area contributed by atoms with Crippen LogP contribution >= 0.6 is 0 Å². The zero-order valence-corrected chi connectivity index (χ0v) is 9.87. The van der Waals surface area contributed by atoms with Gasteiger partial charge in [0.2, 0.25) is 0 Å². The Morgan fingerprint density at radius 3 is 2.81 bits per heavy atom. The molecule has 1 atom stereocenters. The molecule has 0 bridgehead atoms. The monoisotopic (exact) mass is 220 g/mol. The molecule has 1 aromatic heterocycles. The molecule has 0 spiro atoms. The average Bonchev–Trinajstić information content (AvgIpc) is 3.07. The normalized spacial score (nSPS) is 24.6. The van der Waals surface area contributed by atoms with Gasteiger partial charge in [0.1, 0.15) is 0 Å². The summed E-state index contributed by atoms with van der Waals surface area (Å²) in [6.45, 7) is 6.83. The van der Waals surface area contributed by atoms with Crippen LogP contribution in [-0.2, 0) is 0 Å². The van der Waals surface area contributed by atoms with Crippen molar-refractivity contribution in [3.8, 4) is 0 Å². The molecular weight excluding hydrogens is 200 g/mol. The van der Waals surface area contributed by atoms with Crippen molar-refractivity contribution in [3.05, 3.63) is 17.5 Å². The Bertz CT molecular complexity index is 350. The molecule has 1 saturated carbocycles. The summed E-state index contributed by atoms with van der Waals surface area (Å²) in [6, 6.07) is 0.511. The summed E-state index contributed by atoms with van der Waals surface area (Å²) >= 11 is 0. The lowest BCUT2D eigenvalue weighted by atomic mass is 10.0. The van der Waals surface area contributed by atoms with Crippen LogP contribution in [0.2, 0.25) is 0 Å². The third-order valence-corrected chi connectivity index (χ3v) is 3.83. The summed E-state index contributed by atoms with van der Waals surface area (Å²) in [5, 5.41) is 10.8. The van der Waals surface area contributed by atoms with E-state index in [-0.39, 0.29) is 0 Å². The molecule has 4 nitrogen and oxygen atoms in total. The number of nitrogens with zero attached hydrogens (tertiary/aromatic N) is 2. The van der Waals surface area contributed by atoms with E-state index in [4.69, 9.17) is 0 Å². The molecular formula is C12H20N4. The molecule has 3 rings (SSSR count). The smallest absolute Gasteiger partial charge is 0.0538 e. The first kappa shape index (κ1) is 10.3. The molecule has 2 aliphatic rings. The predicted octanol–water partition coefficient (Wildman–Crippen LogP) is 1.25. The zero-order chi connectivity index (χ0) is 11.0. The topological polar surface area (TPSA) is 44.0 Å². The van der Waals surface area contributed by atoms with Crippen LogP contribution in [0.5, 0.6) is 0 Å². The second-order valence-corrected chi connectivity index (χ2v) is 4.98.